The van der Waals surface area contributed by atoms with Crippen LogP contribution in [-0.4, -0.2) is 85.8 Å². The van der Waals surface area contributed by atoms with Crippen molar-refractivity contribution in [1.29, 1.82) is 0 Å². The predicted octanol–water partition coefficient (Wildman–Crippen LogP) is 1.10. The Morgan fingerprint density at radius 3 is 2.41 bits per heavy atom. The second-order valence-electron chi connectivity index (χ2n) is 13.4. The molecule has 0 bridgehead atoms. The lowest BCUT2D eigenvalue weighted by atomic mass is 9.42. The van der Waals surface area contributed by atoms with E-state index < -0.39 is 58.8 Å². The van der Waals surface area contributed by atoms with Crippen molar-refractivity contribution in [2.75, 3.05) is 0 Å². The van der Waals surface area contributed by atoms with Crippen molar-refractivity contribution in [3.05, 3.63) is 11.8 Å². The lowest BCUT2D eigenvalue weighted by molar-refractivity contribution is -0.317. The van der Waals surface area contributed by atoms with E-state index in [1.165, 1.54) is 0 Å². The molecule has 0 aromatic heterocycles. The van der Waals surface area contributed by atoms with Gasteiger partial charge in [-0.15, -0.1) is 0 Å². The molecule has 2 aliphatic heterocycles. The second-order valence-corrected chi connectivity index (χ2v) is 13.4. The number of esters is 1. The Balaban J connectivity index is 1.22. The van der Waals surface area contributed by atoms with Gasteiger partial charge in [-0.3, -0.25) is 4.79 Å². The van der Waals surface area contributed by atoms with Crippen LogP contribution in [0.4, 0.5) is 0 Å². The quantitative estimate of drug-likeness (QED) is 0.195. The first kappa shape index (κ1) is 27.8. The predicted molar refractivity (Wildman–Crippen MR) is 135 cm³/mol. The number of allylic oxidation sites excluding steroid dienone is 1. The summed E-state index contributed by atoms with van der Waals surface area (Å²) >= 11 is 0. The highest BCUT2D eigenvalue weighted by atomic mass is 16.7. The summed E-state index contributed by atoms with van der Waals surface area (Å²) in [5, 5.41) is 55.0. The van der Waals surface area contributed by atoms with Crippen LogP contribution >= 0.6 is 0 Å². The van der Waals surface area contributed by atoms with E-state index in [-0.39, 0.29) is 36.6 Å². The zero-order chi connectivity index (χ0) is 28.0. The van der Waals surface area contributed by atoms with E-state index in [0.29, 0.717) is 57.1 Å². The number of ether oxygens (including phenoxy) is 3. The lowest BCUT2D eigenvalue weighted by Gasteiger charge is -2.65. The topological polar surface area (TPSA) is 163 Å². The van der Waals surface area contributed by atoms with Crippen LogP contribution in [0.15, 0.2) is 11.8 Å². The lowest BCUT2D eigenvalue weighted by Crippen LogP contribution is -2.69. The third-order valence-electron chi connectivity index (χ3n) is 11.9. The summed E-state index contributed by atoms with van der Waals surface area (Å²) in [6, 6.07) is 0. The fourth-order valence-corrected chi connectivity index (χ4v) is 9.63. The van der Waals surface area contributed by atoms with Gasteiger partial charge in [0.25, 0.3) is 0 Å². The van der Waals surface area contributed by atoms with E-state index in [1.54, 1.807) is 6.92 Å². The normalized spacial score (nSPS) is 55.2. The van der Waals surface area contributed by atoms with Crippen molar-refractivity contribution in [2.45, 2.75) is 126 Å². The largest absolute Gasteiger partial charge is 0.431 e. The summed E-state index contributed by atoms with van der Waals surface area (Å²) in [5.41, 5.74) is -3.89. The minimum atomic E-state index is -1.44. The fraction of sp³-hybridized carbons (Fsp3) is 0.862. The van der Waals surface area contributed by atoms with E-state index in [4.69, 9.17) is 14.2 Å². The van der Waals surface area contributed by atoms with Crippen molar-refractivity contribution < 1.29 is 49.3 Å². The summed E-state index contributed by atoms with van der Waals surface area (Å²) in [4.78, 5) is 24.8. The van der Waals surface area contributed by atoms with Crippen molar-refractivity contribution >= 4 is 12.3 Å². The van der Waals surface area contributed by atoms with Gasteiger partial charge in [0.15, 0.2) is 6.29 Å². The molecule has 39 heavy (non-hydrogen) atoms. The number of carbonyl (C=O) groups is 2. The van der Waals surface area contributed by atoms with E-state index >= 15 is 0 Å². The molecule has 10 heteroatoms. The first-order valence-electron chi connectivity index (χ1n) is 14.6. The Labute approximate surface area is 228 Å². The monoisotopic (exact) mass is 550 g/mol. The molecule has 6 rings (SSSR count). The van der Waals surface area contributed by atoms with Gasteiger partial charge in [0.2, 0.25) is 0 Å². The number of fused-ring (bicyclic) bond motifs is 5. The molecule has 4 aliphatic carbocycles. The smallest absolute Gasteiger partial charge is 0.314 e. The van der Waals surface area contributed by atoms with Crippen LogP contribution in [0.5, 0.6) is 0 Å². The van der Waals surface area contributed by atoms with Crippen LogP contribution < -0.4 is 0 Å². The highest BCUT2D eigenvalue weighted by molar-refractivity contribution is 5.75. The molecule has 0 unspecified atom stereocenters. The fourth-order valence-electron chi connectivity index (χ4n) is 9.63. The molecule has 0 aromatic carbocycles. The highest BCUT2D eigenvalue weighted by Gasteiger charge is 2.72. The summed E-state index contributed by atoms with van der Waals surface area (Å²) in [6.45, 7) is 3.68. The molecule has 1 saturated heterocycles. The zero-order valence-electron chi connectivity index (χ0n) is 22.7. The second kappa shape index (κ2) is 9.31. The maximum atomic E-state index is 13.0. The van der Waals surface area contributed by atoms with E-state index in [9.17, 15) is 35.1 Å². The summed E-state index contributed by atoms with van der Waals surface area (Å²) in [6.07, 6.45) is 1.07. The molecule has 5 fully saturated rings. The number of aliphatic hydroxyl groups excluding tert-OH is 3. The molecule has 5 N–H and O–H groups in total. The highest BCUT2D eigenvalue weighted by Crippen LogP contribution is 2.70. The molecule has 6 aliphatic rings. The molecule has 2 heterocycles. The maximum absolute atomic E-state index is 13.0. The van der Waals surface area contributed by atoms with Gasteiger partial charge < -0.3 is 44.5 Å². The summed E-state index contributed by atoms with van der Waals surface area (Å²) in [5.74, 6) is 0.00453. The Bertz CT molecular complexity index is 1050. The molecular formula is C29H42O10. The first-order chi connectivity index (χ1) is 18.4. The standard InChI is InChI=1S/C29H42O10/c1-15-22(32)23(33)24(34)25(37-15)38-16-5-10-27(14-30)17-6-9-26(2)19(20-3-4-21(31)39-20)8-12-29(26,36)18(17)7-11-28(27,35)13-16/h3,14-19,22-25,32-36H,4-13H2,1-2H3/t15-,16-,17-,18+,19-,22-,23+,24+,25-,26-,27-,28-,29+/m0/s1. The van der Waals surface area contributed by atoms with Crippen molar-refractivity contribution in [3.8, 4) is 0 Å². The number of rotatable bonds is 4. The third-order valence-corrected chi connectivity index (χ3v) is 11.9. The molecule has 13 atom stereocenters. The molecule has 0 radical (unpaired) electrons. The van der Waals surface area contributed by atoms with Gasteiger partial charge in [-0.1, -0.05) is 6.92 Å². The minimum absolute atomic E-state index is 0.0507. The number of hydrogen-bond acceptors (Lipinski definition) is 10. The minimum Gasteiger partial charge on any atom is -0.431 e. The molecule has 218 valence electrons. The first-order valence-corrected chi connectivity index (χ1v) is 14.6. The van der Waals surface area contributed by atoms with Crippen LogP contribution in [-0.2, 0) is 23.8 Å². The number of hydrogen-bond donors (Lipinski definition) is 5. The maximum Gasteiger partial charge on any atom is 0.314 e. The van der Waals surface area contributed by atoms with Crippen LogP contribution in [0.1, 0.15) is 78.1 Å². The Kier molecular flexibility index (Phi) is 6.62. The van der Waals surface area contributed by atoms with E-state index in [1.807, 2.05) is 6.08 Å². The number of aliphatic hydroxyl groups is 5. The van der Waals surface area contributed by atoms with Gasteiger partial charge in [0.05, 0.1) is 35.2 Å². The summed E-state index contributed by atoms with van der Waals surface area (Å²) < 4.78 is 17.2. The molecule has 0 amide bonds. The van der Waals surface area contributed by atoms with E-state index in [2.05, 4.69) is 6.92 Å². The van der Waals surface area contributed by atoms with Crippen LogP contribution in [0, 0.1) is 28.6 Å². The Morgan fingerprint density at radius 2 is 1.72 bits per heavy atom. The number of aldehydes is 1. The van der Waals surface area contributed by atoms with Gasteiger partial charge in [-0.05, 0) is 76.2 Å². The van der Waals surface area contributed by atoms with Gasteiger partial charge in [0, 0.05) is 17.8 Å². The Morgan fingerprint density at radius 1 is 0.974 bits per heavy atom. The molecule has 0 aromatic rings. The van der Waals surface area contributed by atoms with Crippen LogP contribution in [0.2, 0.25) is 0 Å². The number of carbonyl (C=O) groups excluding carboxylic acids is 2. The van der Waals surface area contributed by atoms with Gasteiger partial charge in [-0.2, -0.15) is 0 Å². The molecule has 10 nitrogen and oxygen atoms in total. The average molecular weight is 551 g/mol. The SMILES string of the molecule is C[C@@H]1O[C@@H](O[C@H]2CC[C@]3(C=O)[C@H]4CC[C@@]5(C)[C@H](C6=CCC(=O)O6)CC[C@@]5(O)[C@@H]4CC[C@]3(O)C2)[C@H](O)[C@H](O)[C@H]1O. The van der Waals surface area contributed by atoms with Crippen LogP contribution in [0.25, 0.3) is 0 Å². The average Bonchev–Trinajstić information content (AvgIpc) is 3.45. The van der Waals surface area contributed by atoms with Crippen molar-refractivity contribution in [3.63, 3.8) is 0 Å². The zero-order valence-corrected chi connectivity index (χ0v) is 22.7. The summed E-state index contributed by atoms with van der Waals surface area (Å²) in [7, 11) is 0. The Hall–Kier alpha value is -1.40. The van der Waals surface area contributed by atoms with Gasteiger partial charge in [0.1, 0.15) is 30.4 Å². The number of cyclic esters (lactones) is 1. The van der Waals surface area contributed by atoms with Crippen molar-refractivity contribution in [2.24, 2.45) is 28.6 Å². The third kappa shape index (κ3) is 3.78. The molecule has 0 spiro atoms. The molecular weight excluding hydrogens is 508 g/mol. The van der Waals surface area contributed by atoms with Crippen LogP contribution in [0.3, 0.4) is 0 Å². The van der Waals surface area contributed by atoms with Crippen molar-refractivity contribution in [1.82, 2.24) is 0 Å². The van der Waals surface area contributed by atoms with Gasteiger partial charge >= 0.3 is 5.97 Å². The van der Waals surface area contributed by atoms with E-state index in [0.717, 1.165) is 6.29 Å². The molecule has 4 saturated carbocycles. The van der Waals surface area contributed by atoms with Gasteiger partial charge in [-0.25, -0.2) is 0 Å².